The van der Waals surface area contributed by atoms with E-state index in [4.69, 9.17) is 10.5 Å². The van der Waals surface area contributed by atoms with Gasteiger partial charge in [0.2, 0.25) is 5.91 Å². The number of methoxy groups -OCH3 is 1. The van der Waals surface area contributed by atoms with Crippen LogP contribution in [0.4, 0.5) is 0 Å². The average Bonchev–Trinajstić information content (AvgIpc) is 3.12. The van der Waals surface area contributed by atoms with E-state index in [2.05, 4.69) is 10.2 Å². The third-order valence-electron chi connectivity index (χ3n) is 3.64. The number of likely N-dealkylation sites (N-methyl/N-ethyl adjacent to an activating group) is 1. The molecule has 3 N–H and O–H groups in total. The van der Waals surface area contributed by atoms with Gasteiger partial charge in [0.15, 0.2) is 0 Å². The Morgan fingerprint density at radius 2 is 2.18 bits per heavy atom. The molecular formula is C12H25N3O2. The van der Waals surface area contributed by atoms with Gasteiger partial charge in [0.1, 0.15) is 0 Å². The Labute approximate surface area is 104 Å². The number of carbonyl (C=O) groups excluding carboxylic acids is 1. The summed E-state index contributed by atoms with van der Waals surface area (Å²) in [5.41, 5.74) is 4.80. The Hall–Kier alpha value is -0.650. The Balaban J connectivity index is 2.41. The van der Waals surface area contributed by atoms with Crippen LogP contribution >= 0.6 is 0 Å². The van der Waals surface area contributed by atoms with Crippen LogP contribution in [0.25, 0.3) is 0 Å². The predicted molar refractivity (Wildman–Crippen MR) is 67.7 cm³/mol. The monoisotopic (exact) mass is 243 g/mol. The molecular weight excluding hydrogens is 218 g/mol. The van der Waals surface area contributed by atoms with E-state index in [1.54, 1.807) is 14.2 Å². The Morgan fingerprint density at radius 1 is 1.53 bits per heavy atom. The van der Waals surface area contributed by atoms with Gasteiger partial charge in [-0.3, -0.25) is 9.69 Å². The molecule has 1 saturated carbocycles. The van der Waals surface area contributed by atoms with Crippen LogP contribution in [0.3, 0.4) is 0 Å². The first-order chi connectivity index (χ1) is 8.03. The van der Waals surface area contributed by atoms with E-state index in [0.29, 0.717) is 6.04 Å². The SMILES string of the molecule is CNC(C)(CCN(CCOC)C1CC1)C(N)=O. The van der Waals surface area contributed by atoms with Crippen molar-refractivity contribution >= 4 is 5.91 Å². The lowest BCUT2D eigenvalue weighted by molar-refractivity contribution is -0.124. The van der Waals surface area contributed by atoms with Crippen molar-refractivity contribution in [2.75, 3.05) is 33.9 Å². The highest BCUT2D eigenvalue weighted by Gasteiger charge is 2.33. The van der Waals surface area contributed by atoms with Crippen molar-refractivity contribution in [3.63, 3.8) is 0 Å². The van der Waals surface area contributed by atoms with Crippen molar-refractivity contribution < 1.29 is 9.53 Å². The zero-order valence-corrected chi connectivity index (χ0v) is 11.2. The Morgan fingerprint density at radius 3 is 2.59 bits per heavy atom. The molecule has 17 heavy (non-hydrogen) atoms. The summed E-state index contributed by atoms with van der Waals surface area (Å²) in [5.74, 6) is -0.289. The lowest BCUT2D eigenvalue weighted by Crippen LogP contribution is -2.53. The number of nitrogens with two attached hydrogens (primary N) is 1. The fourth-order valence-corrected chi connectivity index (χ4v) is 1.86. The minimum atomic E-state index is -0.611. The summed E-state index contributed by atoms with van der Waals surface area (Å²) in [4.78, 5) is 13.8. The lowest BCUT2D eigenvalue weighted by atomic mass is 9.97. The number of carbonyl (C=O) groups is 1. The van der Waals surface area contributed by atoms with E-state index in [1.165, 1.54) is 12.8 Å². The van der Waals surface area contributed by atoms with Gasteiger partial charge in [0, 0.05) is 26.2 Å². The maximum absolute atomic E-state index is 11.4. The molecule has 1 fully saturated rings. The molecule has 1 atom stereocenters. The number of ether oxygens (including phenoxy) is 1. The molecule has 1 aliphatic rings. The smallest absolute Gasteiger partial charge is 0.237 e. The highest BCUT2D eigenvalue weighted by atomic mass is 16.5. The highest BCUT2D eigenvalue weighted by Crippen LogP contribution is 2.27. The number of amides is 1. The lowest BCUT2D eigenvalue weighted by Gasteiger charge is -2.29. The predicted octanol–water partition coefficient (Wildman–Crippen LogP) is -0.0493. The van der Waals surface area contributed by atoms with Crippen LogP contribution in [0, 0.1) is 0 Å². The second kappa shape index (κ2) is 6.33. The van der Waals surface area contributed by atoms with Gasteiger partial charge in [-0.15, -0.1) is 0 Å². The summed E-state index contributed by atoms with van der Waals surface area (Å²) >= 11 is 0. The summed E-state index contributed by atoms with van der Waals surface area (Å²) in [5, 5.41) is 3.02. The van der Waals surface area contributed by atoms with E-state index < -0.39 is 5.54 Å². The van der Waals surface area contributed by atoms with Gasteiger partial charge in [0.25, 0.3) is 0 Å². The highest BCUT2D eigenvalue weighted by molar-refractivity contribution is 5.84. The molecule has 0 radical (unpaired) electrons. The molecule has 1 amide bonds. The molecule has 5 heteroatoms. The Kier molecular flexibility index (Phi) is 5.36. The summed E-state index contributed by atoms with van der Waals surface area (Å²) in [7, 11) is 3.49. The van der Waals surface area contributed by atoms with Gasteiger partial charge in [-0.05, 0) is 33.2 Å². The molecule has 100 valence electrons. The van der Waals surface area contributed by atoms with Gasteiger partial charge >= 0.3 is 0 Å². The minimum Gasteiger partial charge on any atom is -0.383 e. The maximum Gasteiger partial charge on any atom is 0.237 e. The average molecular weight is 243 g/mol. The number of rotatable bonds is 9. The van der Waals surface area contributed by atoms with Crippen LogP contribution in [0.15, 0.2) is 0 Å². The standard InChI is InChI=1S/C12H25N3O2/c1-12(14-2,11(13)16)6-7-15(8-9-17-3)10-4-5-10/h10,14H,4-9H2,1-3H3,(H2,13,16). The molecule has 1 rings (SSSR count). The van der Waals surface area contributed by atoms with E-state index >= 15 is 0 Å². The van der Waals surface area contributed by atoms with Gasteiger partial charge < -0.3 is 15.8 Å². The second-order valence-electron chi connectivity index (χ2n) is 4.96. The van der Waals surface area contributed by atoms with Crippen molar-refractivity contribution in [1.29, 1.82) is 0 Å². The number of nitrogens with zero attached hydrogens (tertiary/aromatic N) is 1. The van der Waals surface area contributed by atoms with Crippen molar-refractivity contribution in [2.24, 2.45) is 5.73 Å². The molecule has 1 unspecified atom stereocenters. The minimum absolute atomic E-state index is 0.289. The molecule has 0 spiro atoms. The van der Waals surface area contributed by atoms with Crippen LogP contribution in [0.5, 0.6) is 0 Å². The summed E-state index contributed by atoms with van der Waals surface area (Å²) < 4.78 is 5.11. The first-order valence-corrected chi connectivity index (χ1v) is 6.25. The fraction of sp³-hybridized carbons (Fsp3) is 0.917. The largest absolute Gasteiger partial charge is 0.383 e. The summed E-state index contributed by atoms with van der Waals surface area (Å²) in [6, 6.07) is 0.680. The van der Waals surface area contributed by atoms with Gasteiger partial charge in [0.05, 0.1) is 12.1 Å². The topological polar surface area (TPSA) is 67.6 Å². The van der Waals surface area contributed by atoms with E-state index in [-0.39, 0.29) is 5.91 Å². The number of hydrogen-bond donors (Lipinski definition) is 2. The van der Waals surface area contributed by atoms with Gasteiger partial charge in [-0.2, -0.15) is 0 Å². The third kappa shape index (κ3) is 4.26. The molecule has 0 saturated heterocycles. The number of primary amides is 1. The number of nitrogens with one attached hydrogen (secondary N) is 1. The molecule has 0 aromatic rings. The molecule has 5 nitrogen and oxygen atoms in total. The molecule has 0 aromatic carbocycles. The zero-order chi connectivity index (χ0) is 12.9. The van der Waals surface area contributed by atoms with Crippen molar-refractivity contribution in [3.05, 3.63) is 0 Å². The Bertz CT molecular complexity index is 256. The van der Waals surface area contributed by atoms with Crippen LogP contribution in [-0.2, 0) is 9.53 Å². The molecule has 1 aliphatic carbocycles. The van der Waals surface area contributed by atoms with Crippen LogP contribution < -0.4 is 11.1 Å². The van der Waals surface area contributed by atoms with Gasteiger partial charge in [-0.1, -0.05) is 0 Å². The molecule has 0 aliphatic heterocycles. The first-order valence-electron chi connectivity index (χ1n) is 6.25. The summed E-state index contributed by atoms with van der Waals surface area (Å²) in [6.07, 6.45) is 3.26. The summed E-state index contributed by atoms with van der Waals surface area (Å²) in [6.45, 7) is 4.41. The third-order valence-corrected chi connectivity index (χ3v) is 3.64. The molecule has 0 heterocycles. The first kappa shape index (κ1) is 14.4. The van der Waals surface area contributed by atoms with Gasteiger partial charge in [-0.25, -0.2) is 0 Å². The van der Waals surface area contributed by atoms with Crippen LogP contribution in [0.1, 0.15) is 26.2 Å². The van der Waals surface area contributed by atoms with E-state index in [9.17, 15) is 4.79 Å². The molecule has 0 aromatic heterocycles. The van der Waals surface area contributed by atoms with Crippen molar-refractivity contribution in [2.45, 2.75) is 37.8 Å². The van der Waals surface area contributed by atoms with E-state index in [1.807, 2.05) is 6.92 Å². The zero-order valence-electron chi connectivity index (χ0n) is 11.2. The van der Waals surface area contributed by atoms with Crippen molar-refractivity contribution in [3.8, 4) is 0 Å². The van der Waals surface area contributed by atoms with E-state index in [0.717, 1.165) is 26.1 Å². The molecule has 0 bridgehead atoms. The fourth-order valence-electron chi connectivity index (χ4n) is 1.86. The van der Waals surface area contributed by atoms with Crippen molar-refractivity contribution in [1.82, 2.24) is 10.2 Å². The normalized spacial score (nSPS) is 19.3. The number of hydrogen-bond acceptors (Lipinski definition) is 4. The van der Waals surface area contributed by atoms with Crippen LogP contribution in [0.2, 0.25) is 0 Å². The quantitative estimate of drug-likeness (QED) is 0.596. The maximum atomic E-state index is 11.4. The second-order valence-corrected chi connectivity index (χ2v) is 4.96. The van der Waals surface area contributed by atoms with Crippen LogP contribution in [-0.4, -0.2) is 56.2 Å².